The largest absolute Gasteiger partial charge is 0.285 e. The van der Waals surface area contributed by atoms with Gasteiger partial charge in [0.1, 0.15) is 0 Å². The SMILES string of the molecule is C1CC2CCC1N2CN1C2CCC1CC2. The zero-order valence-electron chi connectivity index (χ0n) is 9.57. The normalized spacial score (nSPS) is 49.6. The van der Waals surface area contributed by atoms with E-state index in [0.29, 0.717) is 0 Å². The topological polar surface area (TPSA) is 6.48 Å². The molecule has 0 unspecified atom stereocenters. The summed E-state index contributed by atoms with van der Waals surface area (Å²) in [6, 6.07) is 3.87. The van der Waals surface area contributed by atoms with Gasteiger partial charge in [-0.25, -0.2) is 0 Å². The van der Waals surface area contributed by atoms with Gasteiger partial charge < -0.3 is 0 Å². The summed E-state index contributed by atoms with van der Waals surface area (Å²) in [5, 5.41) is 0. The zero-order valence-corrected chi connectivity index (χ0v) is 9.57. The molecular formula is C13H22N2. The highest BCUT2D eigenvalue weighted by Crippen LogP contribution is 2.42. The third-order valence-electron chi connectivity index (χ3n) is 5.54. The van der Waals surface area contributed by atoms with E-state index in [2.05, 4.69) is 9.80 Å². The van der Waals surface area contributed by atoms with E-state index in [1.165, 1.54) is 58.0 Å². The molecule has 0 aromatic carbocycles. The van der Waals surface area contributed by atoms with Gasteiger partial charge in [-0.15, -0.1) is 0 Å². The molecule has 0 amide bonds. The number of hydrogen-bond acceptors (Lipinski definition) is 2. The Morgan fingerprint density at radius 1 is 0.533 bits per heavy atom. The minimum Gasteiger partial charge on any atom is -0.285 e. The molecule has 15 heavy (non-hydrogen) atoms. The second-order valence-electron chi connectivity index (χ2n) is 6.09. The van der Waals surface area contributed by atoms with Crippen molar-refractivity contribution < 1.29 is 0 Å². The maximum Gasteiger partial charge on any atom is 0.0517 e. The molecule has 0 N–H and O–H groups in total. The molecule has 0 aliphatic carbocycles. The summed E-state index contributed by atoms with van der Waals surface area (Å²) in [6.07, 6.45) is 12.0. The van der Waals surface area contributed by atoms with Crippen LogP contribution in [0.25, 0.3) is 0 Å². The highest BCUT2D eigenvalue weighted by Gasteiger charge is 2.45. The maximum atomic E-state index is 2.84. The van der Waals surface area contributed by atoms with Gasteiger partial charge in [-0.05, 0) is 51.4 Å². The fraction of sp³-hybridized carbons (Fsp3) is 1.00. The molecule has 0 atom stereocenters. The first-order valence-corrected chi connectivity index (χ1v) is 6.93. The van der Waals surface area contributed by atoms with Crippen LogP contribution in [-0.4, -0.2) is 40.6 Å². The molecule has 0 saturated carbocycles. The van der Waals surface area contributed by atoms with Crippen LogP contribution in [0.15, 0.2) is 0 Å². The van der Waals surface area contributed by atoms with Gasteiger partial charge in [0.25, 0.3) is 0 Å². The summed E-state index contributed by atoms with van der Waals surface area (Å²) in [5.41, 5.74) is 0. The number of fused-ring (bicyclic) bond motifs is 4. The van der Waals surface area contributed by atoms with Crippen LogP contribution in [0.5, 0.6) is 0 Å². The third-order valence-corrected chi connectivity index (χ3v) is 5.54. The molecule has 4 saturated heterocycles. The minimum absolute atomic E-state index is 0.968. The van der Waals surface area contributed by atoms with E-state index >= 15 is 0 Å². The molecule has 4 heterocycles. The van der Waals surface area contributed by atoms with E-state index in [9.17, 15) is 0 Å². The monoisotopic (exact) mass is 206 g/mol. The van der Waals surface area contributed by atoms with E-state index in [1.807, 2.05) is 0 Å². The Bertz CT molecular complexity index is 199. The van der Waals surface area contributed by atoms with Crippen molar-refractivity contribution in [3.8, 4) is 0 Å². The summed E-state index contributed by atoms with van der Waals surface area (Å²) in [6.45, 7) is 1.32. The standard InChI is InChI=1S/C13H22N2/c1-2-11-4-3-10(1)14(11)9-15-12-5-6-13(15)8-7-12/h10-13H,1-9H2. The molecule has 4 aliphatic rings. The van der Waals surface area contributed by atoms with Crippen molar-refractivity contribution in [3.63, 3.8) is 0 Å². The molecule has 84 valence electrons. The highest BCUT2D eigenvalue weighted by molar-refractivity contribution is 4.99. The van der Waals surface area contributed by atoms with Crippen molar-refractivity contribution in [1.29, 1.82) is 0 Å². The van der Waals surface area contributed by atoms with Crippen LogP contribution in [0, 0.1) is 0 Å². The van der Waals surface area contributed by atoms with E-state index in [-0.39, 0.29) is 0 Å². The van der Waals surface area contributed by atoms with Gasteiger partial charge in [0.05, 0.1) is 6.67 Å². The summed E-state index contributed by atoms with van der Waals surface area (Å²) in [7, 11) is 0. The molecule has 0 aromatic heterocycles. The molecule has 2 nitrogen and oxygen atoms in total. The maximum absolute atomic E-state index is 2.84. The Hall–Kier alpha value is -0.0800. The first-order valence-electron chi connectivity index (χ1n) is 6.93. The van der Waals surface area contributed by atoms with Crippen molar-refractivity contribution in [2.75, 3.05) is 6.67 Å². The van der Waals surface area contributed by atoms with E-state index in [0.717, 1.165) is 24.2 Å². The molecule has 4 rings (SSSR count). The first kappa shape index (κ1) is 9.00. The second kappa shape index (κ2) is 3.21. The lowest BCUT2D eigenvalue weighted by molar-refractivity contribution is 0.105. The average molecular weight is 206 g/mol. The fourth-order valence-corrected chi connectivity index (χ4v) is 4.69. The number of hydrogen-bond donors (Lipinski definition) is 0. The van der Waals surface area contributed by atoms with Gasteiger partial charge in [-0.2, -0.15) is 0 Å². The summed E-state index contributed by atoms with van der Waals surface area (Å²) in [5.74, 6) is 0. The Kier molecular flexibility index (Phi) is 1.92. The third kappa shape index (κ3) is 1.24. The summed E-state index contributed by atoms with van der Waals surface area (Å²) >= 11 is 0. The van der Waals surface area contributed by atoms with Crippen LogP contribution in [0.3, 0.4) is 0 Å². The Morgan fingerprint density at radius 2 is 0.800 bits per heavy atom. The van der Waals surface area contributed by atoms with Crippen molar-refractivity contribution in [2.45, 2.75) is 75.5 Å². The fourth-order valence-electron chi connectivity index (χ4n) is 4.69. The summed E-state index contributed by atoms with van der Waals surface area (Å²) < 4.78 is 0. The Balaban J connectivity index is 1.48. The van der Waals surface area contributed by atoms with Crippen LogP contribution in [-0.2, 0) is 0 Å². The van der Waals surface area contributed by atoms with E-state index in [1.54, 1.807) is 0 Å². The van der Waals surface area contributed by atoms with Gasteiger partial charge in [0.2, 0.25) is 0 Å². The molecular weight excluding hydrogens is 184 g/mol. The molecule has 0 radical (unpaired) electrons. The Morgan fingerprint density at radius 3 is 1.07 bits per heavy atom. The molecule has 4 fully saturated rings. The first-order chi connectivity index (χ1) is 7.42. The van der Waals surface area contributed by atoms with Crippen molar-refractivity contribution >= 4 is 0 Å². The van der Waals surface area contributed by atoms with Gasteiger partial charge >= 0.3 is 0 Å². The molecule has 4 aliphatic heterocycles. The lowest BCUT2D eigenvalue weighted by Gasteiger charge is -2.30. The molecule has 0 aromatic rings. The van der Waals surface area contributed by atoms with Crippen LogP contribution in [0.2, 0.25) is 0 Å². The zero-order chi connectivity index (χ0) is 9.83. The predicted octanol–water partition coefficient (Wildman–Crippen LogP) is 2.20. The molecule has 2 heteroatoms. The van der Waals surface area contributed by atoms with Crippen LogP contribution < -0.4 is 0 Å². The molecule has 4 bridgehead atoms. The van der Waals surface area contributed by atoms with Crippen molar-refractivity contribution in [2.24, 2.45) is 0 Å². The van der Waals surface area contributed by atoms with E-state index < -0.39 is 0 Å². The lowest BCUT2D eigenvalue weighted by atomic mass is 10.0. The van der Waals surface area contributed by atoms with E-state index in [4.69, 9.17) is 0 Å². The lowest BCUT2D eigenvalue weighted by Crippen LogP contribution is -2.42. The van der Waals surface area contributed by atoms with Crippen LogP contribution >= 0.6 is 0 Å². The molecule has 0 spiro atoms. The van der Waals surface area contributed by atoms with Crippen LogP contribution in [0.4, 0.5) is 0 Å². The average Bonchev–Trinajstić information content (AvgIpc) is 3.03. The number of rotatable bonds is 2. The van der Waals surface area contributed by atoms with Crippen molar-refractivity contribution in [3.05, 3.63) is 0 Å². The Labute approximate surface area is 92.6 Å². The second-order valence-corrected chi connectivity index (χ2v) is 6.09. The van der Waals surface area contributed by atoms with Gasteiger partial charge in [-0.1, -0.05) is 0 Å². The number of nitrogens with zero attached hydrogens (tertiary/aromatic N) is 2. The highest BCUT2D eigenvalue weighted by atomic mass is 15.4. The predicted molar refractivity (Wildman–Crippen MR) is 60.6 cm³/mol. The van der Waals surface area contributed by atoms with Gasteiger partial charge in [0, 0.05) is 24.2 Å². The van der Waals surface area contributed by atoms with Gasteiger partial charge in [0.15, 0.2) is 0 Å². The van der Waals surface area contributed by atoms with Crippen LogP contribution in [0.1, 0.15) is 51.4 Å². The minimum atomic E-state index is 0.968. The summed E-state index contributed by atoms with van der Waals surface area (Å²) in [4.78, 5) is 5.69. The van der Waals surface area contributed by atoms with Crippen molar-refractivity contribution in [1.82, 2.24) is 9.80 Å². The van der Waals surface area contributed by atoms with Gasteiger partial charge in [-0.3, -0.25) is 9.80 Å². The quantitative estimate of drug-likeness (QED) is 0.683. The smallest absolute Gasteiger partial charge is 0.0517 e.